The fourth-order valence-corrected chi connectivity index (χ4v) is 4.69. The number of ether oxygens (including phenoxy) is 2. The summed E-state index contributed by atoms with van der Waals surface area (Å²) in [5.74, 6) is 0.497. The summed E-state index contributed by atoms with van der Waals surface area (Å²) in [5, 5.41) is 1.18. The molecule has 4 nitrogen and oxygen atoms in total. The van der Waals surface area contributed by atoms with Crippen LogP contribution in [-0.4, -0.2) is 31.5 Å². The molecule has 22 heavy (non-hydrogen) atoms. The molecule has 0 aliphatic heterocycles. The van der Waals surface area contributed by atoms with Gasteiger partial charge in [-0.3, -0.25) is 0 Å². The molecule has 1 heterocycles. The number of aromatic nitrogens is 1. The van der Waals surface area contributed by atoms with Crippen LogP contribution in [0.4, 0.5) is 0 Å². The average Bonchev–Trinajstić information content (AvgIpc) is 3.00. The first-order valence-corrected chi connectivity index (χ1v) is 8.69. The van der Waals surface area contributed by atoms with Crippen molar-refractivity contribution in [2.75, 3.05) is 20.8 Å². The summed E-state index contributed by atoms with van der Waals surface area (Å²) < 4.78 is 12.4. The SMILES string of the molecule is COC1(OC)CCC(C(CN)c2nc3ccccc3s2)CC1. The Bertz CT molecular complexity index is 581. The van der Waals surface area contributed by atoms with E-state index in [1.54, 1.807) is 25.6 Å². The molecule has 0 spiro atoms. The van der Waals surface area contributed by atoms with Gasteiger partial charge in [0, 0.05) is 39.5 Å². The van der Waals surface area contributed by atoms with Gasteiger partial charge in [-0.15, -0.1) is 11.3 Å². The summed E-state index contributed by atoms with van der Waals surface area (Å²) >= 11 is 1.78. The topological polar surface area (TPSA) is 57.4 Å². The van der Waals surface area contributed by atoms with E-state index in [2.05, 4.69) is 18.2 Å². The van der Waals surface area contributed by atoms with Crippen molar-refractivity contribution in [3.05, 3.63) is 29.3 Å². The third kappa shape index (κ3) is 2.91. The van der Waals surface area contributed by atoms with Gasteiger partial charge in [-0.05, 0) is 30.9 Å². The minimum atomic E-state index is -0.400. The predicted molar refractivity (Wildman–Crippen MR) is 90.1 cm³/mol. The van der Waals surface area contributed by atoms with Crippen LogP contribution < -0.4 is 5.73 Å². The van der Waals surface area contributed by atoms with Crippen LogP contribution in [0.1, 0.15) is 36.6 Å². The Morgan fingerprint density at radius 2 is 1.95 bits per heavy atom. The molecule has 120 valence electrons. The van der Waals surface area contributed by atoms with E-state index < -0.39 is 5.79 Å². The minimum absolute atomic E-state index is 0.337. The second-order valence-electron chi connectivity index (χ2n) is 6.02. The number of thiazole rings is 1. The van der Waals surface area contributed by atoms with Gasteiger partial charge in [0.2, 0.25) is 0 Å². The second kappa shape index (κ2) is 6.62. The quantitative estimate of drug-likeness (QED) is 0.856. The summed E-state index contributed by atoms with van der Waals surface area (Å²) in [6.07, 6.45) is 3.98. The predicted octanol–water partition coefficient (Wildman–Crippen LogP) is 3.52. The van der Waals surface area contributed by atoms with Crippen LogP contribution in [0.2, 0.25) is 0 Å². The average molecular weight is 320 g/mol. The summed E-state index contributed by atoms with van der Waals surface area (Å²) in [5.41, 5.74) is 7.18. The number of fused-ring (bicyclic) bond motifs is 1. The standard InChI is InChI=1S/C17H24N2O2S/c1-20-17(21-2)9-7-12(8-10-17)13(11-18)16-19-14-5-3-4-6-15(14)22-16/h3-6,12-13H,7-11,18H2,1-2H3. The van der Waals surface area contributed by atoms with Crippen molar-refractivity contribution in [3.63, 3.8) is 0 Å². The first kappa shape index (κ1) is 15.9. The number of hydrogen-bond donors (Lipinski definition) is 1. The number of methoxy groups -OCH3 is 2. The van der Waals surface area contributed by atoms with Gasteiger partial charge < -0.3 is 15.2 Å². The number of nitrogens with two attached hydrogens (primary N) is 1. The van der Waals surface area contributed by atoms with Crippen LogP contribution >= 0.6 is 11.3 Å². The molecule has 0 bridgehead atoms. The molecule has 1 fully saturated rings. The molecule has 1 aromatic carbocycles. The largest absolute Gasteiger partial charge is 0.353 e. The van der Waals surface area contributed by atoms with E-state index >= 15 is 0 Å². The maximum Gasteiger partial charge on any atom is 0.167 e. The Morgan fingerprint density at radius 1 is 1.27 bits per heavy atom. The van der Waals surface area contributed by atoms with Crippen LogP contribution in [-0.2, 0) is 9.47 Å². The van der Waals surface area contributed by atoms with Crippen LogP contribution in [0.5, 0.6) is 0 Å². The van der Waals surface area contributed by atoms with Crippen molar-refractivity contribution in [2.24, 2.45) is 11.7 Å². The van der Waals surface area contributed by atoms with Crippen molar-refractivity contribution < 1.29 is 9.47 Å². The van der Waals surface area contributed by atoms with Crippen LogP contribution in [0.25, 0.3) is 10.2 Å². The smallest absolute Gasteiger partial charge is 0.167 e. The number of hydrogen-bond acceptors (Lipinski definition) is 5. The summed E-state index contributed by atoms with van der Waals surface area (Å²) in [7, 11) is 3.47. The van der Waals surface area contributed by atoms with Crippen molar-refractivity contribution in [1.82, 2.24) is 4.98 Å². The number of rotatable bonds is 5. The van der Waals surface area contributed by atoms with Gasteiger partial charge in [0.15, 0.2) is 5.79 Å². The zero-order chi connectivity index (χ0) is 15.6. The Morgan fingerprint density at radius 3 is 2.55 bits per heavy atom. The molecule has 1 saturated carbocycles. The second-order valence-corrected chi connectivity index (χ2v) is 7.08. The lowest BCUT2D eigenvalue weighted by Crippen LogP contribution is -2.39. The van der Waals surface area contributed by atoms with Crippen molar-refractivity contribution in [1.29, 1.82) is 0 Å². The number of benzene rings is 1. The van der Waals surface area contributed by atoms with E-state index in [0.717, 1.165) is 31.2 Å². The van der Waals surface area contributed by atoms with Crippen molar-refractivity contribution in [2.45, 2.75) is 37.4 Å². The molecule has 1 aliphatic rings. The highest BCUT2D eigenvalue weighted by atomic mass is 32.1. The van der Waals surface area contributed by atoms with Gasteiger partial charge in [-0.1, -0.05) is 12.1 Å². The third-order valence-electron chi connectivity index (χ3n) is 4.99. The highest BCUT2D eigenvalue weighted by molar-refractivity contribution is 7.18. The maximum absolute atomic E-state index is 6.09. The molecule has 0 saturated heterocycles. The molecule has 0 amide bonds. The molecule has 1 unspecified atom stereocenters. The van der Waals surface area contributed by atoms with E-state index in [1.165, 1.54) is 9.71 Å². The summed E-state index contributed by atoms with van der Waals surface area (Å²) in [6, 6.07) is 8.31. The number of para-hydroxylation sites is 1. The molecular weight excluding hydrogens is 296 g/mol. The first-order valence-electron chi connectivity index (χ1n) is 7.87. The Kier molecular flexibility index (Phi) is 4.78. The lowest BCUT2D eigenvalue weighted by molar-refractivity contribution is -0.228. The van der Waals surface area contributed by atoms with E-state index in [0.29, 0.717) is 18.4 Å². The highest BCUT2D eigenvalue weighted by Crippen LogP contribution is 2.42. The fourth-order valence-electron chi connectivity index (χ4n) is 3.52. The maximum atomic E-state index is 6.09. The van der Waals surface area contributed by atoms with Crippen LogP contribution in [0, 0.1) is 5.92 Å². The van der Waals surface area contributed by atoms with E-state index in [4.69, 9.17) is 20.2 Å². The number of nitrogens with zero attached hydrogens (tertiary/aromatic N) is 1. The highest BCUT2D eigenvalue weighted by Gasteiger charge is 2.38. The molecule has 2 aromatic rings. The molecule has 3 rings (SSSR count). The van der Waals surface area contributed by atoms with Gasteiger partial charge >= 0.3 is 0 Å². The Labute approximate surface area is 135 Å². The van der Waals surface area contributed by atoms with Gasteiger partial charge in [-0.25, -0.2) is 4.98 Å². The lowest BCUT2D eigenvalue weighted by Gasteiger charge is -2.39. The molecule has 5 heteroatoms. The van der Waals surface area contributed by atoms with Crippen molar-refractivity contribution in [3.8, 4) is 0 Å². The summed E-state index contributed by atoms with van der Waals surface area (Å²) in [4.78, 5) is 4.81. The minimum Gasteiger partial charge on any atom is -0.353 e. The molecule has 1 atom stereocenters. The van der Waals surface area contributed by atoms with E-state index in [9.17, 15) is 0 Å². The van der Waals surface area contributed by atoms with Gasteiger partial charge in [0.1, 0.15) is 0 Å². The lowest BCUT2D eigenvalue weighted by atomic mass is 9.77. The van der Waals surface area contributed by atoms with E-state index in [-0.39, 0.29) is 0 Å². The monoisotopic (exact) mass is 320 g/mol. The Hall–Kier alpha value is -1.01. The molecule has 2 N–H and O–H groups in total. The third-order valence-corrected chi connectivity index (χ3v) is 6.15. The van der Waals surface area contributed by atoms with Gasteiger partial charge in [0.25, 0.3) is 0 Å². The van der Waals surface area contributed by atoms with Gasteiger partial charge in [0.05, 0.1) is 15.2 Å². The normalized spacial score (nSPS) is 20.3. The van der Waals surface area contributed by atoms with E-state index in [1.807, 2.05) is 6.07 Å². The van der Waals surface area contributed by atoms with Gasteiger partial charge in [-0.2, -0.15) is 0 Å². The summed E-state index contributed by atoms with van der Waals surface area (Å²) in [6.45, 7) is 0.650. The zero-order valence-corrected chi connectivity index (χ0v) is 14.1. The molecular formula is C17H24N2O2S. The fraction of sp³-hybridized carbons (Fsp3) is 0.588. The molecule has 1 aliphatic carbocycles. The zero-order valence-electron chi connectivity index (χ0n) is 13.2. The first-order chi connectivity index (χ1) is 10.7. The molecule has 0 radical (unpaired) electrons. The molecule has 1 aromatic heterocycles. The Balaban J connectivity index is 1.77. The van der Waals surface area contributed by atoms with Crippen LogP contribution in [0.15, 0.2) is 24.3 Å². The van der Waals surface area contributed by atoms with Crippen molar-refractivity contribution >= 4 is 21.6 Å². The van der Waals surface area contributed by atoms with Crippen LogP contribution in [0.3, 0.4) is 0 Å².